The van der Waals surface area contributed by atoms with Crippen molar-refractivity contribution in [2.45, 2.75) is 33.0 Å². The van der Waals surface area contributed by atoms with Crippen LogP contribution in [0.25, 0.3) is 0 Å². The lowest BCUT2D eigenvalue weighted by Gasteiger charge is -2.17. The molecule has 2 N–H and O–H groups in total. The average molecular weight is 334 g/mol. The number of rotatable bonds is 5. The molecule has 0 heterocycles. The first-order valence-electron chi connectivity index (χ1n) is 7.38. The van der Waals surface area contributed by atoms with Crippen LogP contribution >= 0.6 is 11.6 Å². The summed E-state index contributed by atoms with van der Waals surface area (Å²) in [4.78, 5) is 12.3. The van der Waals surface area contributed by atoms with Gasteiger partial charge in [-0.1, -0.05) is 23.7 Å². The number of carbonyl (C=O) groups is 1. The molecule has 0 fully saturated rings. The molecule has 2 rings (SSSR count). The van der Waals surface area contributed by atoms with Crippen LogP contribution in [0.1, 0.15) is 31.1 Å². The van der Waals surface area contributed by atoms with Crippen LogP contribution < -0.4 is 10.1 Å². The minimum absolute atomic E-state index is 0.262. The summed E-state index contributed by atoms with van der Waals surface area (Å²) in [7, 11) is 0. The van der Waals surface area contributed by atoms with E-state index in [1.807, 2.05) is 6.92 Å². The van der Waals surface area contributed by atoms with Crippen LogP contribution in [0.3, 0.4) is 0 Å². The summed E-state index contributed by atoms with van der Waals surface area (Å²) in [6.07, 6.45) is -1.25. The van der Waals surface area contributed by atoms with E-state index >= 15 is 0 Å². The van der Waals surface area contributed by atoms with Crippen molar-refractivity contribution in [3.63, 3.8) is 0 Å². The zero-order valence-corrected chi connectivity index (χ0v) is 14.1. The van der Waals surface area contributed by atoms with Crippen LogP contribution in [0.4, 0.5) is 5.69 Å². The zero-order valence-electron chi connectivity index (χ0n) is 13.3. The highest BCUT2D eigenvalue weighted by Crippen LogP contribution is 2.23. The molecule has 4 nitrogen and oxygen atoms in total. The minimum atomic E-state index is -0.662. The molecule has 0 saturated carbocycles. The lowest BCUT2D eigenvalue weighted by molar-refractivity contribution is -0.122. The summed E-state index contributed by atoms with van der Waals surface area (Å²) in [5.74, 6) is 0.358. The van der Waals surface area contributed by atoms with Crippen LogP contribution in [0.15, 0.2) is 42.5 Å². The smallest absolute Gasteiger partial charge is 0.265 e. The second kappa shape index (κ2) is 7.49. The molecular weight excluding hydrogens is 314 g/mol. The molecule has 0 radical (unpaired) electrons. The summed E-state index contributed by atoms with van der Waals surface area (Å²) in [6.45, 7) is 5.23. The van der Waals surface area contributed by atoms with Crippen molar-refractivity contribution < 1.29 is 14.6 Å². The van der Waals surface area contributed by atoms with Gasteiger partial charge < -0.3 is 15.2 Å². The molecule has 1 amide bonds. The van der Waals surface area contributed by atoms with Gasteiger partial charge in [0.15, 0.2) is 6.10 Å². The van der Waals surface area contributed by atoms with E-state index in [9.17, 15) is 9.90 Å². The minimum Gasteiger partial charge on any atom is -0.481 e. The van der Waals surface area contributed by atoms with Crippen LogP contribution in [-0.4, -0.2) is 17.1 Å². The van der Waals surface area contributed by atoms with E-state index in [1.54, 1.807) is 56.3 Å². The van der Waals surface area contributed by atoms with Crippen LogP contribution in [0, 0.1) is 6.92 Å². The van der Waals surface area contributed by atoms with Crippen molar-refractivity contribution in [2.24, 2.45) is 0 Å². The van der Waals surface area contributed by atoms with Crippen molar-refractivity contribution in [3.05, 3.63) is 58.6 Å². The molecule has 0 spiro atoms. The van der Waals surface area contributed by atoms with Gasteiger partial charge in [-0.25, -0.2) is 0 Å². The number of halogens is 1. The Bertz CT molecular complexity index is 700. The number of amides is 1. The average Bonchev–Trinajstić information content (AvgIpc) is 2.50. The number of carbonyl (C=O) groups excluding carboxylic acids is 1. The van der Waals surface area contributed by atoms with E-state index in [0.717, 1.165) is 11.1 Å². The third-order valence-corrected chi connectivity index (χ3v) is 3.68. The first-order valence-corrected chi connectivity index (χ1v) is 7.76. The molecule has 0 aromatic heterocycles. The molecule has 0 aliphatic carbocycles. The number of hydrogen-bond acceptors (Lipinski definition) is 3. The van der Waals surface area contributed by atoms with Gasteiger partial charge in [-0.2, -0.15) is 0 Å². The molecule has 23 heavy (non-hydrogen) atoms. The summed E-state index contributed by atoms with van der Waals surface area (Å²) in [5.41, 5.74) is 2.23. The lowest BCUT2D eigenvalue weighted by atomic mass is 10.1. The Balaban J connectivity index is 2.04. The number of hydrogen-bond donors (Lipinski definition) is 2. The lowest BCUT2D eigenvalue weighted by Crippen LogP contribution is -2.30. The Labute approximate surface area is 141 Å². The predicted octanol–water partition coefficient (Wildman–Crippen LogP) is 4.11. The highest BCUT2D eigenvalue weighted by atomic mass is 35.5. The quantitative estimate of drug-likeness (QED) is 0.865. The van der Waals surface area contributed by atoms with E-state index < -0.39 is 12.2 Å². The Hall–Kier alpha value is -2.04. The maximum Gasteiger partial charge on any atom is 0.265 e. The molecule has 122 valence electrons. The topological polar surface area (TPSA) is 58.6 Å². The van der Waals surface area contributed by atoms with E-state index in [0.29, 0.717) is 16.5 Å². The molecule has 0 aliphatic rings. The van der Waals surface area contributed by atoms with E-state index in [1.165, 1.54) is 0 Å². The first-order chi connectivity index (χ1) is 10.9. The predicted molar refractivity (Wildman–Crippen MR) is 92.0 cm³/mol. The number of benzene rings is 2. The number of aliphatic hydroxyl groups is 1. The second-order valence-corrected chi connectivity index (χ2v) is 5.90. The second-order valence-electron chi connectivity index (χ2n) is 5.46. The summed E-state index contributed by atoms with van der Waals surface area (Å²) < 4.78 is 5.69. The van der Waals surface area contributed by atoms with E-state index in [2.05, 4.69) is 5.32 Å². The molecule has 2 aromatic carbocycles. The highest BCUT2D eigenvalue weighted by Gasteiger charge is 2.16. The molecule has 0 unspecified atom stereocenters. The number of aryl methyl sites for hydroxylation is 1. The van der Waals surface area contributed by atoms with Crippen LogP contribution in [-0.2, 0) is 4.79 Å². The normalized spacial score (nSPS) is 13.3. The molecule has 2 atom stereocenters. The van der Waals surface area contributed by atoms with Crippen molar-refractivity contribution in [1.82, 2.24) is 0 Å². The standard InChI is InChI=1S/C18H20ClNO3/c1-11-9-15(19)7-8-17(11)23-13(3)18(22)20-16-6-4-5-14(10-16)12(2)21/h4-10,12-13,21H,1-3H3,(H,20,22)/t12-,13+/m1/s1. The van der Waals surface area contributed by atoms with Crippen LogP contribution in [0.2, 0.25) is 5.02 Å². The Morgan fingerprint density at radius 2 is 1.96 bits per heavy atom. The fourth-order valence-corrected chi connectivity index (χ4v) is 2.34. The van der Waals surface area contributed by atoms with Gasteiger partial charge in [0.25, 0.3) is 5.91 Å². The molecule has 0 aliphatic heterocycles. The summed E-state index contributed by atoms with van der Waals surface area (Å²) in [5, 5.41) is 13.0. The van der Waals surface area contributed by atoms with Gasteiger partial charge in [-0.15, -0.1) is 0 Å². The zero-order chi connectivity index (χ0) is 17.0. The van der Waals surface area contributed by atoms with Crippen molar-refractivity contribution >= 4 is 23.2 Å². The summed E-state index contributed by atoms with van der Waals surface area (Å²) in [6, 6.07) is 12.3. The Morgan fingerprint density at radius 1 is 1.22 bits per heavy atom. The third kappa shape index (κ3) is 4.71. The van der Waals surface area contributed by atoms with Crippen molar-refractivity contribution in [2.75, 3.05) is 5.32 Å². The van der Waals surface area contributed by atoms with Gasteiger partial charge in [0, 0.05) is 10.7 Å². The highest BCUT2D eigenvalue weighted by molar-refractivity contribution is 6.30. The number of nitrogens with one attached hydrogen (secondary N) is 1. The largest absolute Gasteiger partial charge is 0.481 e. The molecule has 5 heteroatoms. The van der Waals surface area contributed by atoms with Crippen molar-refractivity contribution in [1.29, 1.82) is 0 Å². The fourth-order valence-electron chi connectivity index (χ4n) is 2.11. The van der Waals surface area contributed by atoms with E-state index in [-0.39, 0.29) is 5.91 Å². The van der Waals surface area contributed by atoms with Gasteiger partial charge in [0.05, 0.1) is 6.10 Å². The monoisotopic (exact) mass is 333 g/mol. The number of aliphatic hydroxyl groups excluding tert-OH is 1. The van der Waals surface area contributed by atoms with Gasteiger partial charge in [-0.3, -0.25) is 4.79 Å². The third-order valence-electron chi connectivity index (χ3n) is 3.45. The Morgan fingerprint density at radius 3 is 2.61 bits per heavy atom. The van der Waals surface area contributed by atoms with Gasteiger partial charge in [0.2, 0.25) is 0 Å². The van der Waals surface area contributed by atoms with Gasteiger partial charge >= 0.3 is 0 Å². The number of ether oxygens (including phenoxy) is 1. The molecule has 2 aromatic rings. The van der Waals surface area contributed by atoms with E-state index in [4.69, 9.17) is 16.3 Å². The molecular formula is C18H20ClNO3. The SMILES string of the molecule is Cc1cc(Cl)ccc1O[C@@H](C)C(=O)Nc1cccc([C@@H](C)O)c1. The maximum absolute atomic E-state index is 12.3. The van der Waals surface area contributed by atoms with Gasteiger partial charge in [-0.05, 0) is 62.2 Å². The first kappa shape index (κ1) is 17.3. The number of anilines is 1. The van der Waals surface area contributed by atoms with Crippen molar-refractivity contribution in [3.8, 4) is 5.75 Å². The maximum atomic E-state index is 12.3. The summed E-state index contributed by atoms with van der Waals surface area (Å²) >= 11 is 5.91. The Kier molecular flexibility index (Phi) is 5.64. The van der Waals surface area contributed by atoms with Crippen LogP contribution in [0.5, 0.6) is 5.75 Å². The fraction of sp³-hybridized carbons (Fsp3) is 0.278. The molecule has 0 bridgehead atoms. The van der Waals surface area contributed by atoms with Gasteiger partial charge in [0.1, 0.15) is 5.75 Å². The molecule has 0 saturated heterocycles.